The van der Waals surface area contributed by atoms with Gasteiger partial charge in [-0.05, 0) is 32.1 Å². The number of benzene rings is 1. The van der Waals surface area contributed by atoms with Crippen molar-refractivity contribution in [2.45, 2.75) is 39.2 Å². The van der Waals surface area contributed by atoms with E-state index in [1.165, 1.54) is 19.1 Å². The second kappa shape index (κ2) is 8.22. The van der Waals surface area contributed by atoms with E-state index in [-0.39, 0.29) is 11.7 Å². The third-order valence-corrected chi connectivity index (χ3v) is 3.43. The Morgan fingerprint density at radius 1 is 1.42 bits per heavy atom. The standard InChI is InChI=1S/C16H22N2O6/c1-4-22-16(23-12(3)19)15-10-5-11(2)17(24-15)13-6-8-14(9-7-13)18(20)21/h5-11,15-16,18,20H,4H2,1-3H3. The first-order valence-corrected chi connectivity index (χ1v) is 7.69. The summed E-state index contributed by atoms with van der Waals surface area (Å²) in [5.41, 5.74) is 0.891. The molecule has 132 valence electrons. The summed E-state index contributed by atoms with van der Waals surface area (Å²) in [4.78, 5) is 17.1. The average Bonchev–Trinajstić information content (AvgIpc) is 2.54. The predicted octanol–water partition coefficient (Wildman–Crippen LogP) is 1.08. The lowest BCUT2D eigenvalue weighted by atomic mass is 10.2. The summed E-state index contributed by atoms with van der Waals surface area (Å²) < 4.78 is 10.6. The maximum absolute atomic E-state index is 11.2. The fourth-order valence-corrected chi connectivity index (χ4v) is 2.32. The topological polar surface area (TPSA) is 95.7 Å². The molecule has 4 unspecified atom stereocenters. The quantitative estimate of drug-likeness (QED) is 0.347. The molecule has 4 atom stereocenters. The van der Waals surface area contributed by atoms with Crippen molar-refractivity contribution >= 4 is 17.3 Å². The molecule has 0 fully saturated rings. The average molecular weight is 338 g/mol. The number of hydrogen-bond donors (Lipinski definition) is 2. The lowest BCUT2D eigenvalue weighted by Gasteiger charge is -2.37. The van der Waals surface area contributed by atoms with E-state index in [0.717, 1.165) is 0 Å². The van der Waals surface area contributed by atoms with Crippen molar-refractivity contribution < 1.29 is 29.5 Å². The third kappa shape index (κ3) is 4.53. The zero-order chi connectivity index (χ0) is 17.7. The highest BCUT2D eigenvalue weighted by Gasteiger charge is 2.31. The molecule has 0 radical (unpaired) electrons. The van der Waals surface area contributed by atoms with E-state index < -0.39 is 23.6 Å². The molecule has 0 saturated heterocycles. The van der Waals surface area contributed by atoms with Gasteiger partial charge in [0.1, 0.15) is 0 Å². The molecule has 1 aliphatic rings. The number of carbonyl (C=O) groups is 1. The summed E-state index contributed by atoms with van der Waals surface area (Å²) >= 11 is 0. The normalized spacial score (nSPS) is 23.0. The van der Waals surface area contributed by atoms with Gasteiger partial charge in [-0.15, -0.1) is 0 Å². The van der Waals surface area contributed by atoms with Gasteiger partial charge in [0.2, 0.25) is 6.29 Å². The van der Waals surface area contributed by atoms with E-state index in [1.54, 1.807) is 30.2 Å². The molecule has 1 aromatic carbocycles. The van der Waals surface area contributed by atoms with E-state index in [2.05, 4.69) is 0 Å². The minimum atomic E-state index is -0.988. The highest BCUT2D eigenvalue weighted by atomic mass is 16.8. The number of ether oxygens (including phenoxy) is 2. The summed E-state index contributed by atoms with van der Waals surface area (Å²) in [6.45, 7) is 5.41. The predicted molar refractivity (Wildman–Crippen MR) is 85.4 cm³/mol. The number of hydroxylamine groups is 1. The lowest BCUT2D eigenvalue weighted by Crippen LogP contribution is -2.99. The first-order valence-electron chi connectivity index (χ1n) is 7.69. The number of esters is 1. The van der Waals surface area contributed by atoms with E-state index in [9.17, 15) is 10.0 Å². The minimum absolute atomic E-state index is 0.0727. The molecule has 8 nitrogen and oxygen atoms in total. The summed E-state index contributed by atoms with van der Waals surface area (Å²) in [5.74, 6) is -0.457. The maximum Gasteiger partial charge on any atom is 0.305 e. The van der Waals surface area contributed by atoms with Crippen molar-refractivity contribution in [1.29, 1.82) is 0 Å². The van der Waals surface area contributed by atoms with Crippen LogP contribution in [0.2, 0.25) is 0 Å². The van der Waals surface area contributed by atoms with Crippen LogP contribution in [-0.4, -0.2) is 36.2 Å². The molecule has 8 heteroatoms. The first kappa shape index (κ1) is 18.4. The largest absolute Gasteiger partial charge is 0.595 e. The van der Waals surface area contributed by atoms with Gasteiger partial charge in [-0.3, -0.25) is 9.63 Å². The van der Waals surface area contributed by atoms with Crippen molar-refractivity contribution in [1.82, 2.24) is 0 Å². The van der Waals surface area contributed by atoms with Gasteiger partial charge in [0.25, 0.3) is 0 Å². The molecule has 0 bridgehead atoms. The number of nitrogens with one attached hydrogen (secondary N) is 1. The van der Waals surface area contributed by atoms with Crippen LogP contribution in [0.3, 0.4) is 0 Å². The van der Waals surface area contributed by atoms with Crippen molar-refractivity contribution in [2.24, 2.45) is 0 Å². The van der Waals surface area contributed by atoms with Crippen molar-refractivity contribution in [3.63, 3.8) is 0 Å². The second-order valence-electron chi connectivity index (χ2n) is 5.31. The Bertz CT molecular complexity index is 574. The van der Waals surface area contributed by atoms with Gasteiger partial charge in [-0.1, -0.05) is 6.08 Å². The Balaban J connectivity index is 2.16. The molecule has 0 spiro atoms. The van der Waals surface area contributed by atoms with E-state index in [4.69, 9.17) is 19.5 Å². The Kier molecular flexibility index (Phi) is 6.29. The van der Waals surface area contributed by atoms with Crippen LogP contribution >= 0.6 is 0 Å². The Morgan fingerprint density at radius 2 is 2.08 bits per heavy atom. The highest BCUT2D eigenvalue weighted by Crippen LogP contribution is 2.26. The summed E-state index contributed by atoms with van der Waals surface area (Å²) in [6.07, 6.45) is 2.26. The number of rotatable bonds is 6. The molecule has 2 rings (SSSR count). The Hall–Kier alpha value is -1.97. The zero-order valence-corrected chi connectivity index (χ0v) is 13.8. The van der Waals surface area contributed by atoms with Crippen molar-refractivity contribution in [2.75, 3.05) is 11.7 Å². The van der Waals surface area contributed by atoms with Crippen LogP contribution in [0.4, 0.5) is 11.4 Å². The highest BCUT2D eigenvalue weighted by molar-refractivity contribution is 5.66. The third-order valence-electron chi connectivity index (χ3n) is 3.43. The van der Waals surface area contributed by atoms with E-state index >= 15 is 0 Å². The minimum Gasteiger partial charge on any atom is -0.595 e. The number of nitrogens with zero attached hydrogens (tertiary/aromatic N) is 1. The van der Waals surface area contributed by atoms with Crippen molar-refractivity contribution in [3.8, 4) is 0 Å². The summed E-state index contributed by atoms with van der Waals surface area (Å²) in [5, 5.41) is 20.6. The van der Waals surface area contributed by atoms with Gasteiger partial charge in [0.05, 0.1) is 11.7 Å². The molecule has 24 heavy (non-hydrogen) atoms. The van der Waals surface area contributed by atoms with Gasteiger partial charge < -0.3 is 14.7 Å². The second-order valence-corrected chi connectivity index (χ2v) is 5.31. The Labute approximate surface area is 140 Å². The van der Waals surface area contributed by atoms with Gasteiger partial charge >= 0.3 is 5.97 Å². The number of carbonyl (C=O) groups excluding carboxylic acids is 1. The molecule has 1 heterocycles. The summed E-state index contributed by atoms with van der Waals surface area (Å²) in [6, 6.07) is 6.27. The number of anilines is 1. The fraction of sp³-hybridized carbons (Fsp3) is 0.438. The number of hydrogen-bond acceptors (Lipinski definition) is 7. The van der Waals surface area contributed by atoms with Crippen LogP contribution in [-0.2, 0) is 19.1 Å². The zero-order valence-electron chi connectivity index (χ0n) is 13.8. The molecular weight excluding hydrogens is 316 g/mol. The summed E-state index contributed by atoms with van der Waals surface area (Å²) in [7, 11) is 0. The SMILES string of the molecule is CCOC(OC(C)=O)C1C=CC(C)N(c2ccc([NH+]([O-])O)cc2)O1. The maximum atomic E-state index is 11.2. The van der Waals surface area contributed by atoms with E-state index in [0.29, 0.717) is 12.3 Å². The van der Waals surface area contributed by atoms with Gasteiger partial charge in [0.15, 0.2) is 11.8 Å². The number of quaternary nitrogens is 1. The molecule has 0 aliphatic carbocycles. The Morgan fingerprint density at radius 3 is 2.62 bits per heavy atom. The van der Waals surface area contributed by atoms with Gasteiger partial charge in [0, 0.05) is 25.7 Å². The van der Waals surface area contributed by atoms with Gasteiger partial charge in [-0.25, -0.2) is 10.3 Å². The molecule has 0 amide bonds. The molecule has 0 aromatic heterocycles. The van der Waals surface area contributed by atoms with Crippen LogP contribution in [0.25, 0.3) is 0 Å². The van der Waals surface area contributed by atoms with Crippen LogP contribution in [0.5, 0.6) is 0 Å². The van der Waals surface area contributed by atoms with Crippen LogP contribution in [0.1, 0.15) is 20.8 Å². The van der Waals surface area contributed by atoms with E-state index in [1.807, 2.05) is 13.0 Å². The van der Waals surface area contributed by atoms with Gasteiger partial charge in [-0.2, -0.15) is 5.23 Å². The molecule has 1 aromatic rings. The lowest BCUT2D eigenvalue weighted by molar-refractivity contribution is -0.991. The molecule has 0 saturated carbocycles. The fourth-order valence-electron chi connectivity index (χ4n) is 2.32. The molecule has 1 aliphatic heterocycles. The molecular formula is C16H22N2O6. The van der Waals surface area contributed by atoms with Crippen LogP contribution in [0.15, 0.2) is 36.4 Å². The van der Waals surface area contributed by atoms with Crippen molar-refractivity contribution in [3.05, 3.63) is 41.6 Å². The smallest absolute Gasteiger partial charge is 0.305 e. The van der Waals surface area contributed by atoms with Crippen LogP contribution < -0.4 is 10.3 Å². The first-order chi connectivity index (χ1) is 11.4. The molecule has 2 N–H and O–H groups in total. The van der Waals surface area contributed by atoms with Crippen LogP contribution in [0, 0.1) is 5.21 Å². The monoisotopic (exact) mass is 338 g/mol.